The van der Waals surface area contributed by atoms with Gasteiger partial charge in [-0.25, -0.2) is 4.98 Å². The van der Waals surface area contributed by atoms with Gasteiger partial charge >= 0.3 is 0 Å². The Morgan fingerprint density at radius 1 is 1.53 bits per heavy atom. The number of rotatable bonds is 4. The fraction of sp³-hybridized carbons (Fsp3) is 0.667. The van der Waals surface area contributed by atoms with Gasteiger partial charge in [0.25, 0.3) is 0 Å². The molecule has 0 spiro atoms. The lowest BCUT2D eigenvalue weighted by atomic mass is 10.1. The first-order valence-corrected chi connectivity index (χ1v) is 6.80. The molecule has 4 nitrogen and oxygen atoms in total. The van der Waals surface area contributed by atoms with Crippen LogP contribution in [0.25, 0.3) is 0 Å². The van der Waals surface area contributed by atoms with E-state index in [1.54, 1.807) is 11.3 Å². The predicted molar refractivity (Wildman–Crippen MR) is 74.6 cm³/mol. The minimum Gasteiger partial charge on any atom is -0.370 e. The Labute approximate surface area is 107 Å². The SMILES string of the molecule is CCc1nc(CCN=C(N)NC(C)(C)C)cs1. The second-order valence-electron chi connectivity index (χ2n) is 4.98. The normalized spacial score (nSPS) is 12.8. The second kappa shape index (κ2) is 6.00. The van der Waals surface area contributed by atoms with Crippen LogP contribution in [0.15, 0.2) is 10.4 Å². The monoisotopic (exact) mass is 254 g/mol. The number of hydrogen-bond donors (Lipinski definition) is 2. The van der Waals surface area contributed by atoms with Gasteiger partial charge in [0, 0.05) is 23.9 Å². The fourth-order valence-corrected chi connectivity index (χ4v) is 2.12. The summed E-state index contributed by atoms with van der Waals surface area (Å²) in [5.41, 5.74) is 6.85. The number of aliphatic imine (C=N–C) groups is 1. The Bertz CT molecular complexity index is 376. The van der Waals surface area contributed by atoms with E-state index in [9.17, 15) is 0 Å². The third kappa shape index (κ3) is 5.68. The largest absolute Gasteiger partial charge is 0.370 e. The summed E-state index contributed by atoms with van der Waals surface area (Å²) in [5, 5.41) is 6.42. The van der Waals surface area contributed by atoms with Crippen molar-refractivity contribution in [3.63, 3.8) is 0 Å². The Morgan fingerprint density at radius 2 is 2.24 bits per heavy atom. The summed E-state index contributed by atoms with van der Waals surface area (Å²) in [7, 11) is 0. The van der Waals surface area contributed by atoms with Crippen LogP contribution in [0.5, 0.6) is 0 Å². The summed E-state index contributed by atoms with van der Waals surface area (Å²) in [5.74, 6) is 0.503. The zero-order chi connectivity index (χ0) is 12.9. The molecule has 0 aromatic carbocycles. The molecule has 96 valence electrons. The van der Waals surface area contributed by atoms with Crippen molar-refractivity contribution >= 4 is 17.3 Å². The molecule has 0 radical (unpaired) electrons. The van der Waals surface area contributed by atoms with E-state index in [1.165, 1.54) is 5.01 Å². The maximum atomic E-state index is 5.78. The number of nitrogens with two attached hydrogens (primary N) is 1. The molecule has 1 rings (SSSR count). The smallest absolute Gasteiger partial charge is 0.188 e. The standard InChI is InChI=1S/C12H22N4S/c1-5-10-15-9(8-17-10)6-7-14-11(13)16-12(2,3)4/h8H,5-7H2,1-4H3,(H3,13,14,16). The Kier molecular flexibility index (Phi) is 4.93. The van der Waals surface area contributed by atoms with Crippen molar-refractivity contribution in [2.75, 3.05) is 6.54 Å². The van der Waals surface area contributed by atoms with Gasteiger partial charge in [-0.15, -0.1) is 11.3 Å². The average Bonchev–Trinajstić information content (AvgIpc) is 2.63. The van der Waals surface area contributed by atoms with Crippen LogP contribution in [0.2, 0.25) is 0 Å². The van der Waals surface area contributed by atoms with Crippen LogP contribution < -0.4 is 11.1 Å². The van der Waals surface area contributed by atoms with Crippen molar-refractivity contribution in [2.45, 2.75) is 46.1 Å². The van der Waals surface area contributed by atoms with Gasteiger partial charge in [0.1, 0.15) is 0 Å². The number of guanidine groups is 1. The maximum absolute atomic E-state index is 5.78. The van der Waals surface area contributed by atoms with Crippen LogP contribution in [0.3, 0.4) is 0 Å². The van der Waals surface area contributed by atoms with E-state index >= 15 is 0 Å². The van der Waals surface area contributed by atoms with Gasteiger partial charge < -0.3 is 11.1 Å². The van der Waals surface area contributed by atoms with Crippen molar-refractivity contribution in [3.05, 3.63) is 16.1 Å². The second-order valence-corrected chi connectivity index (χ2v) is 5.92. The number of aryl methyl sites for hydroxylation is 1. The Hall–Kier alpha value is -1.10. The molecule has 5 heteroatoms. The van der Waals surface area contributed by atoms with Crippen molar-refractivity contribution in [1.29, 1.82) is 0 Å². The van der Waals surface area contributed by atoms with Crippen LogP contribution in [0, 0.1) is 0 Å². The first-order chi connectivity index (χ1) is 7.90. The highest BCUT2D eigenvalue weighted by atomic mass is 32.1. The van der Waals surface area contributed by atoms with Gasteiger partial charge in [-0.05, 0) is 27.2 Å². The first-order valence-electron chi connectivity index (χ1n) is 5.92. The summed E-state index contributed by atoms with van der Waals surface area (Å²) in [6.45, 7) is 8.98. The topological polar surface area (TPSA) is 63.3 Å². The molecule has 0 saturated heterocycles. The van der Waals surface area contributed by atoms with Gasteiger partial charge in [-0.1, -0.05) is 6.92 Å². The summed E-state index contributed by atoms with van der Waals surface area (Å²) in [6, 6.07) is 0. The number of nitrogens with zero attached hydrogens (tertiary/aromatic N) is 2. The molecule has 0 saturated carbocycles. The van der Waals surface area contributed by atoms with Gasteiger partial charge in [0.15, 0.2) is 5.96 Å². The quantitative estimate of drug-likeness (QED) is 0.637. The van der Waals surface area contributed by atoms with E-state index in [-0.39, 0.29) is 5.54 Å². The highest BCUT2D eigenvalue weighted by Gasteiger charge is 2.09. The zero-order valence-corrected chi connectivity index (χ0v) is 11.9. The minimum atomic E-state index is -0.0381. The van der Waals surface area contributed by atoms with Crippen LogP contribution in [-0.4, -0.2) is 23.0 Å². The summed E-state index contributed by atoms with van der Waals surface area (Å²) < 4.78 is 0. The molecule has 0 aliphatic rings. The van der Waals surface area contributed by atoms with E-state index in [0.29, 0.717) is 12.5 Å². The predicted octanol–water partition coefficient (Wildman–Crippen LogP) is 1.95. The van der Waals surface area contributed by atoms with E-state index in [4.69, 9.17) is 5.73 Å². The third-order valence-electron chi connectivity index (χ3n) is 2.05. The number of aromatic nitrogens is 1. The van der Waals surface area contributed by atoms with Crippen molar-refractivity contribution in [1.82, 2.24) is 10.3 Å². The van der Waals surface area contributed by atoms with Crippen molar-refractivity contribution < 1.29 is 0 Å². The summed E-state index contributed by atoms with van der Waals surface area (Å²) >= 11 is 1.71. The molecule has 17 heavy (non-hydrogen) atoms. The molecule has 0 atom stereocenters. The van der Waals surface area contributed by atoms with Gasteiger partial charge in [-0.3, -0.25) is 4.99 Å². The van der Waals surface area contributed by atoms with E-state index < -0.39 is 0 Å². The molecule has 0 fully saturated rings. The number of hydrogen-bond acceptors (Lipinski definition) is 3. The lowest BCUT2D eigenvalue weighted by Crippen LogP contribution is -2.45. The van der Waals surface area contributed by atoms with Crippen LogP contribution in [0.1, 0.15) is 38.4 Å². The minimum absolute atomic E-state index is 0.0381. The van der Waals surface area contributed by atoms with Crippen LogP contribution in [0.4, 0.5) is 0 Å². The molecular formula is C12H22N4S. The molecule has 1 aromatic heterocycles. The molecule has 0 unspecified atom stereocenters. The zero-order valence-electron chi connectivity index (χ0n) is 11.1. The van der Waals surface area contributed by atoms with Gasteiger partial charge in [0.2, 0.25) is 0 Å². The van der Waals surface area contributed by atoms with Crippen molar-refractivity contribution in [2.24, 2.45) is 10.7 Å². The van der Waals surface area contributed by atoms with Crippen LogP contribution in [-0.2, 0) is 12.8 Å². The van der Waals surface area contributed by atoms with E-state index in [0.717, 1.165) is 18.5 Å². The number of nitrogens with one attached hydrogen (secondary N) is 1. The molecule has 1 aromatic rings. The molecule has 1 heterocycles. The molecular weight excluding hydrogens is 232 g/mol. The Morgan fingerprint density at radius 3 is 2.76 bits per heavy atom. The summed E-state index contributed by atoms with van der Waals surface area (Å²) in [4.78, 5) is 8.78. The van der Waals surface area contributed by atoms with Crippen molar-refractivity contribution in [3.8, 4) is 0 Å². The molecule has 0 aliphatic heterocycles. The van der Waals surface area contributed by atoms with E-state index in [1.807, 2.05) is 0 Å². The maximum Gasteiger partial charge on any atom is 0.188 e. The van der Waals surface area contributed by atoms with E-state index in [2.05, 4.69) is 48.4 Å². The third-order valence-corrected chi connectivity index (χ3v) is 3.10. The molecule has 0 bridgehead atoms. The fourth-order valence-electron chi connectivity index (χ4n) is 1.34. The molecule has 0 amide bonds. The highest BCUT2D eigenvalue weighted by molar-refractivity contribution is 7.09. The van der Waals surface area contributed by atoms with Crippen LogP contribution >= 0.6 is 11.3 Å². The summed E-state index contributed by atoms with van der Waals surface area (Å²) in [6.07, 6.45) is 1.85. The number of thiazole rings is 1. The van der Waals surface area contributed by atoms with Gasteiger partial charge in [0.05, 0.1) is 10.7 Å². The first kappa shape index (κ1) is 14.0. The highest BCUT2D eigenvalue weighted by Crippen LogP contribution is 2.10. The Balaban J connectivity index is 2.38. The molecule has 0 aliphatic carbocycles. The van der Waals surface area contributed by atoms with Gasteiger partial charge in [-0.2, -0.15) is 0 Å². The average molecular weight is 254 g/mol. The lowest BCUT2D eigenvalue weighted by molar-refractivity contribution is 0.508. The molecule has 3 N–H and O–H groups in total. The lowest BCUT2D eigenvalue weighted by Gasteiger charge is -2.20.